The van der Waals surface area contributed by atoms with E-state index in [-0.39, 0.29) is 18.5 Å². The Morgan fingerprint density at radius 3 is 2.56 bits per heavy atom. The van der Waals surface area contributed by atoms with Gasteiger partial charge in [-0.25, -0.2) is 0 Å². The second-order valence-electron chi connectivity index (χ2n) is 5.82. The lowest BCUT2D eigenvalue weighted by Crippen LogP contribution is -2.30. The van der Waals surface area contributed by atoms with E-state index in [0.29, 0.717) is 15.7 Å². The Morgan fingerprint density at radius 2 is 1.72 bits per heavy atom. The van der Waals surface area contributed by atoms with Crippen LogP contribution in [0.5, 0.6) is 0 Å². The van der Waals surface area contributed by atoms with Gasteiger partial charge in [-0.05, 0) is 35.4 Å². The van der Waals surface area contributed by atoms with Gasteiger partial charge in [0.1, 0.15) is 0 Å². The molecule has 0 spiro atoms. The number of rotatable bonds is 5. The number of anilines is 1. The van der Waals surface area contributed by atoms with Gasteiger partial charge in [0, 0.05) is 6.04 Å². The van der Waals surface area contributed by atoms with E-state index in [0.717, 1.165) is 5.56 Å². The zero-order valence-electron chi connectivity index (χ0n) is 13.7. The number of halogens is 2. The summed E-state index contributed by atoms with van der Waals surface area (Å²) in [6, 6.07) is 19.6. The van der Waals surface area contributed by atoms with Gasteiger partial charge in [-0.3, -0.25) is 4.79 Å². The van der Waals surface area contributed by atoms with Crippen LogP contribution >= 0.6 is 23.2 Å². The van der Waals surface area contributed by atoms with E-state index in [1.807, 2.05) is 25.1 Å². The number of benzene rings is 3. The molecule has 1 atom stereocenters. The smallest absolute Gasteiger partial charge is 0.238 e. The first kappa shape index (κ1) is 17.7. The molecule has 0 aromatic heterocycles. The van der Waals surface area contributed by atoms with E-state index in [1.54, 1.807) is 18.2 Å². The molecule has 2 N–H and O–H groups in total. The molecule has 0 unspecified atom stereocenters. The first-order valence-electron chi connectivity index (χ1n) is 8.01. The number of carbonyl (C=O) groups excluding carboxylic acids is 1. The highest BCUT2D eigenvalue weighted by Crippen LogP contribution is 2.29. The summed E-state index contributed by atoms with van der Waals surface area (Å²) in [4.78, 5) is 12.2. The van der Waals surface area contributed by atoms with Gasteiger partial charge in [0.15, 0.2) is 0 Å². The molecule has 0 saturated heterocycles. The van der Waals surface area contributed by atoms with Gasteiger partial charge in [0.25, 0.3) is 0 Å². The number of carbonyl (C=O) groups is 1. The van der Waals surface area contributed by atoms with Gasteiger partial charge in [-0.2, -0.15) is 0 Å². The fraction of sp³-hybridized carbons (Fsp3) is 0.150. The van der Waals surface area contributed by atoms with Gasteiger partial charge >= 0.3 is 0 Å². The van der Waals surface area contributed by atoms with Crippen LogP contribution in [-0.4, -0.2) is 12.5 Å². The van der Waals surface area contributed by atoms with Crippen LogP contribution in [0.25, 0.3) is 10.8 Å². The van der Waals surface area contributed by atoms with E-state index in [2.05, 4.69) is 34.9 Å². The van der Waals surface area contributed by atoms with Gasteiger partial charge in [-0.15, -0.1) is 0 Å². The van der Waals surface area contributed by atoms with Crippen LogP contribution < -0.4 is 10.6 Å². The van der Waals surface area contributed by atoms with Crippen molar-refractivity contribution in [2.45, 2.75) is 13.0 Å². The fourth-order valence-corrected chi connectivity index (χ4v) is 3.13. The minimum absolute atomic E-state index is 0.0340. The summed E-state index contributed by atoms with van der Waals surface area (Å²) < 4.78 is 0. The molecule has 3 rings (SSSR count). The summed E-state index contributed by atoms with van der Waals surface area (Å²) in [6.07, 6.45) is 0. The first-order valence-corrected chi connectivity index (χ1v) is 8.77. The minimum Gasteiger partial charge on any atom is -0.324 e. The van der Waals surface area contributed by atoms with Gasteiger partial charge in [0.2, 0.25) is 5.91 Å². The van der Waals surface area contributed by atoms with E-state index >= 15 is 0 Å². The summed E-state index contributed by atoms with van der Waals surface area (Å²) in [5.41, 5.74) is 1.67. The van der Waals surface area contributed by atoms with Crippen LogP contribution in [0.15, 0.2) is 60.7 Å². The Bertz CT molecular complexity index is 906. The Labute approximate surface area is 156 Å². The summed E-state index contributed by atoms with van der Waals surface area (Å²) in [6.45, 7) is 2.22. The fourth-order valence-electron chi connectivity index (χ4n) is 2.78. The number of fused-ring (bicyclic) bond motifs is 1. The molecule has 3 aromatic carbocycles. The molecule has 128 valence electrons. The average molecular weight is 373 g/mol. The molecule has 5 heteroatoms. The Morgan fingerprint density at radius 1 is 1.00 bits per heavy atom. The zero-order chi connectivity index (χ0) is 17.8. The van der Waals surface area contributed by atoms with Crippen molar-refractivity contribution in [2.24, 2.45) is 0 Å². The maximum absolute atomic E-state index is 12.2. The van der Waals surface area contributed by atoms with Crippen LogP contribution in [0.1, 0.15) is 18.5 Å². The standard InChI is InChI=1S/C20H18Cl2N2O/c1-13(15-9-4-7-14-6-2-3-8-16(14)15)23-12-19(25)24-18-11-5-10-17(21)20(18)22/h2-11,13,23H,12H2,1H3,(H,24,25)/t13-/m0/s1. The van der Waals surface area contributed by atoms with Crippen LogP contribution in [0.2, 0.25) is 10.0 Å². The lowest BCUT2D eigenvalue weighted by molar-refractivity contribution is -0.115. The highest BCUT2D eigenvalue weighted by atomic mass is 35.5. The van der Waals surface area contributed by atoms with Crippen molar-refractivity contribution in [3.63, 3.8) is 0 Å². The van der Waals surface area contributed by atoms with Crippen molar-refractivity contribution in [1.29, 1.82) is 0 Å². The van der Waals surface area contributed by atoms with Gasteiger partial charge in [-0.1, -0.05) is 71.7 Å². The Hall–Kier alpha value is -2.07. The molecule has 0 heterocycles. The molecule has 0 aliphatic rings. The third-order valence-corrected chi connectivity index (χ3v) is 4.90. The Kier molecular flexibility index (Phi) is 5.59. The minimum atomic E-state index is -0.170. The Balaban J connectivity index is 1.66. The predicted molar refractivity (Wildman–Crippen MR) is 105 cm³/mol. The molecule has 0 saturated carbocycles. The third kappa shape index (κ3) is 4.13. The normalized spacial score (nSPS) is 12.1. The monoisotopic (exact) mass is 372 g/mol. The summed E-state index contributed by atoms with van der Waals surface area (Å²) in [5.74, 6) is -0.170. The van der Waals surface area contributed by atoms with Crippen molar-refractivity contribution in [2.75, 3.05) is 11.9 Å². The van der Waals surface area contributed by atoms with Crippen LogP contribution in [0, 0.1) is 0 Å². The molecule has 1 amide bonds. The predicted octanol–water partition coefficient (Wildman–Crippen LogP) is 5.44. The average Bonchev–Trinajstić information content (AvgIpc) is 2.63. The zero-order valence-corrected chi connectivity index (χ0v) is 15.2. The topological polar surface area (TPSA) is 41.1 Å². The number of hydrogen-bond donors (Lipinski definition) is 2. The highest BCUT2D eigenvalue weighted by molar-refractivity contribution is 6.44. The molecule has 0 aliphatic heterocycles. The lowest BCUT2D eigenvalue weighted by atomic mass is 10.00. The van der Waals surface area contributed by atoms with Crippen molar-refractivity contribution < 1.29 is 4.79 Å². The van der Waals surface area contributed by atoms with E-state index < -0.39 is 0 Å². The van der Waals surface area contributed by atoms with Gasteiger partial charge in [0.05, 0.1) is 22.3 Å². The maximum atomic E-state index is 12.2. The number of nitrogens with one attached hydrogen (secondary N) is 2. The van der Waals surface area contributed by atoms with Crippen molar-refractivity contribution >= 4 is 45.6 Å². The maximum Gasteiger partial charge on any atom is 0.238 e. The lowest BCUT2D eigenvalue weighted by Gasteiger charge is -2.17. The quantitative estimate of drug-likeness (QED) is 0.626. The molecular weight excluding hydrogens is 355 g/mol. The molecule has 25 heavy (non-hydrogen) atoms. The molecule has 0 fully saturated rings. The molecule has 0 radical (unpaired) electrons. The summed E-state index contributed by atoms with van der Waals surface area (Å²) in [5, 5.41) is 9.16. The number of amides is 1. The van der Waals surface area contributed by atoms with Crippen molar-refractivity contribution in [3.8, 4) is 0 Å². The molecule has 0 bridgehead atoms. The molecule has 0 aliphatic carbocycles. The van der Waals surface area contributed by atoms with E-state index in [4.69, 9.17) is 23.2 Å². The molecule has 3 aromatic rings. The highest BCUT2D eigenvalue weighted by Gasteiger charge is 2.12. The van der Waals surface area contributed by atoms with Crippen molar-refractivity contribution in [1.82, 2.24) is 5.32 Å². The van der Waals surface area contributed by atoms with Gasteiger partial charge < -0.3 is 10.6 Å². The molecular formula is C20H18Cl2N2O. The second-order valence-corrected chi connectivity index (χ2v) is 6.61. The van der Waals surface area contributed by atoms with E-state index in [1.165, 1.54) is 10.8 Å². The third-order valence-electron chi connectivity index (χ3n) is 4.08. The van der Waals surface area contributed by atoms with Crippen LogP contribution in [0.3, 0.4) is 0 Å². The number of hydrogen-bond acceptors (Lipinski definition) is 2. The first-order chi connectivity index (χ1) is 12.1. The SMILES string of the molecule is C[C@H](NCC(=O)Nc1cccc(Cl)c1Cl)c1cccc2ccccc12. The summed E-state index contributed by atoms with van der Waals surface area (Å²) >= 11 is 12.1. The van der Waals surface area contributed by atoms with Crippen LogP contribution in [0.4, 0.5) is 5.69 Å². The second kappa shape index (κ2) is 7.87. The van der Waals surface area contributed by atoms with Crippen molar-refractivity contribution in [3.05, 3.63) is 76.3 Å². The largest absolute Gasteiger partial charge is 0.324 e. The van der Waals surface area contributed by atoms with E-state index in [9.17, 15) is 4.79 Å². The summed E-state index contributed by atoms with van der Waals surface area (Å²) in [7, 11) is 0. The van der Waals surface area contributed by atoms with Crippen LogP contribution in [-0.2, 0) is 4.79 Å². The molecule has 3 nitrogen and oxygen atoms in total.